The van der Waals surface area contributed by atoms with E-state index in [-0.39, 0.29) is 12.0 Å². The van der Waals surface area contributed by atoms with Crippen molar-refractivity contribution >= 4 is 5.97 Å². The molecule has 1 aliphatic heterocycles. The van der Waals surface area contributed by atoms with Crippen LogP contribution in [0.15, 0.2) is 0 Å². The molecule has 2 unspecified atom stereocenters. The van der Waals surface area contributed by atoms with E-state index >= 15 is 0 Å². The molecule has 0 aromatic rings. The summed E-state index contributed by atoms with van der Waals surface area (Å²) in [5.41, 5.74) is -0.0146. The third kappa shape index (κ3) is 3.45. The van der Waals surface area contributed by atoms with E-state index in [0.717, 1.165) is 25.9 Å². The number of hydrogen-bond acceptors (Lipinski definition) is 3. The first kappa shape index (κ1) is 13.8. The molecular weight excluding hydrogens is 230 g/mol. The van der Waals surface area contributed by atoms with Crippen LogP contribution >= 0.6 is 0 Å². The molecule has 18 heavy (non-hydrogen) atoms. The Balaban J connectivity index is 1.95. The van der Waals surface area contributed by atoms with Gasteiger partial charge in [-0.15, -0.1) is 0 Å². The average molecular weight is 255 g/mol. The van der Waals surface area contributed by atoms with Crippen molar-refractivity contribution in [1.29, 1.82) is 0 Å². The summed E-state index contributed by atoms with van der Waals surface area (Å²) in [4.78, 5) is 13.2. The zero-order valence-corrected chi connectivity index (χ0v) is 11.5. The molecule has 0 aromatic heterocycles. The van der Waals surface area contributed by atoms with Gasteiger partial charge in [-0.25, -0.2) is 0 Å². The molecule has 2 aliphatic rings. The number of carboxylic acid groups (broad SMARTS) is 1. The van der Waals surface area contributed by atoms with Crippen molar-refractivity contribution in [2.45, 2.75) is 70.1 Å². The average Bonchev–Trinajstić information content (AvgIpc) is 3.14. The van der Waals surface area contributed by atoms with Crippen molar-refractivity contribution < 1.29 is 14.6 Å². The van der Waals surface area contributed by atoms with Crippen LogP contribution < -0.4 is 0 Å². The van der Waals surface area contributed by atoms with Crippen molar-refractivity contribution in [2.75, 3.05) is 13.2 Å². The molecule has 2 atom stereocenters. The Hall–Kier alpha value is -0.610. The lowest BCUT2D eigenvalue weighted by molar-refractivity contribution is -0.138. The minimum absolute atomic E-state index is 0.0146. The van der Waals surface area contributed by atoms with Gasteiger partial charge in [0, 0.05) is 25.2 Å². The van der Waals surface area contributed by atoms with Gasteiger partial charge in [0.15, 0.2) is 0 Å². The van der Waals surface area contributed by atoms with E-state index in [4.69, 9.17) is 9.84 Å². The highest BCUT2D eigenvalue weighted by Crippen LogP contribution is 2.36. The highest BCUT2D eigenvalue weighted by molar-refractivity contribution is 5.66. The molecule has 1 saturated heterocycles. The van der Waals surface area contributed by atoms with Gasteiger partial charge in [0.25, 0.3) is 0 Å². The Bertz CT molecular complexity index is 303. The molecule has 0 amide bonds. The van der Waals surface area contributed by atoms with Crippen molar-refractivity contribution in [1.82, 2.24) is 4.90 Å². The fourth-order valence-electron chi connectivity index (χ4n) is 2.92. The zero-order chi connectivity index (χ0) is 13.2. The van der Waals surface area contributed by atoms with Gasteiger partial charge >= 0.3 is 5.97 Å². The van der Waals surface area contributed by atoms with Crippen molar-refractivity contribution in [2.24, 2.45) is 0 Å². The molecule has 2 rings (SSSR count). The number of ether oxygens (including phenoxy) is 1. The van der Waals surface area contributed by atoms with E-state index in [1.807, 2.05) is 0 Å². The summed E-state index contributed by atoms with van der Waals surface area (Å²) in [5.74, 6) is -0.689. The van der Waals surface area contributed by atoms with E-state index in [9.17, 15) is 4.79 Å². The van der Waals surface area contributed by atoms with Crippen LogP contribution in [0.2, 0.25) is 0 Å². The van der Waals surface area contributed by atoms with Gasteiger partial charge in [-0.3, -0.25) is 9.69 Å². The maximum Gasteiger partial charge on any atom is 0.304 e. The van der Waals surface area contributed by atoms with Crippen LogP contribution in [-0.4, -0.2) is 46.8 Å². The normalized spacial score (nSPS) is 32.7. The monoisotopic (exact) mass is 255 g/mol. The summed E-state index contributed by atoms with van der Waals surface area (Å²) in [6.07, 6.45) is 5.85. The van der Waals surface area contributed by atoms with Crippen LogP contribution in [0.1, 0.15) is 52.4 Å². The van der Waals surface area contributed by atoms with Crippen molar-refractivity contribution in [3.05, 3.63) is 0 Å². The second-order valence-electron chi connectivity index (χ2n) is 5.91. The smallest absolute Gasteiger partial charge is 0.304 e. The molecule has 1 saturated carbocycles. The van der Waals surface area contributed by atoms with Gasteiger partial charge in [-0.2, -0.15) is 0 Å². The van der Waals surface area contributed by atoms with Crippen LogP contribution in [-0.2, 0) is 9.53 Å². The second kappa shape index (κ2) is 5.57. The first-order valence-corrected chi connectivity index (χ1v) is 7.15. The summed E-state index contributed by atoms with van der Waals surface area (Å²) < 4.78 is 5.88. The minimum atomic E-state index is -0.689. The Morgan fingerprint density at radius 2 is 2.11 bits per heavy atom. The molecule has 4 heteroatoms. The van der Waals surface area contributed by atoms with E-state index in [2.05, 4.69) is 18.7 Å². The largest absolute Gasteiger partial charge is 0.481 e. The molecule has 0 spiro atoms. The standard InChI is InChI=1S/C14H25NO3/c1-3-14(2)10-12(7-9-18-14)15(11-4-5-11)8-6-13(16)17/h11-12H,3-10H2,1-2H3,(H,16,17). The second-order valence-corrected chi connectivity index (χ2v) is 5.91. The highest BCUT2D eigenvalue weighted by atomic mass is 16.5. The SMILES string of the molecule is CCC1(C)CC(N(CCC(=O)O)C2CC2)CCO1. The molecule has 0 aromatic carbocycles. The summed E-state index contributed by atoms with van der Waals surface area (Å²) in [6, 6.07) is 1.14. The lowest BCUT2D eigenvalue weighted by atomic mass is 9.89. The molecule has 1 N–H and O–H groups in total. The zero-order valence-electron chi connectivity index (χ0n) is 11.5. The lowest BCUT2D eigenvalue weighted by Crippen LogP contribution is -2.48. The predicted molar refractivity (Wildman–Crippen MR) is 69.7 cm³/mol. The topological polar surface area (TPSA) is 49.8 Å². The predicted octanol–water partition coefficient (Wildman–Crippen LogP) is 2.27. The molecule has 1 heterocycles. The number of aliphatic carboxylic acids is 1. The van der Waals surface area contributed by atoms with Gasteiger partial charge < -0.3 is 9.84 Å². The third-order valence-corrected chi connectivity index (χ3v) is 4.39. The fourth-order valence-corrected chi connectivity index (χ4v) is 2.92. The minimum Gasteiger partial charge on any atom is -0.481 e. The number of nitrogens with zero attached hydrogens (tertiary/aromatic N) is 1. The van der Waals surface area contributed by atoms with Crippen LogP contribution in [0, 0.1) is 0 Å². The van der Waals surface area contributed by atoms with Gasteiger partial charge in [0.05, 0.1) is 12.0 Å². The molecule has 2 fully saturated rings. The first-order chi connectivity index (χ1) is 8.54. The van der Waals surface area contributed by atoms with E-state index in [1.165, 1.54) is 12.8 Å². The van der Waals surface area contributed by atoms with E-state index in [0.29, 0.717) is 18.6 Å². The Morgan fingerprint density at radius 1 is 1.39 bits per heavy atom. The number of rotatable bonds is 6. The van der Waals surface area contributed by atoms with Crippen molar-refractivity contribution in [3.63, 3.8) is 0 Å². The van der Waals surface area contributed by atoms with Gasteiger partial charge in [0.2, 0.25) is 0 Å². The van der Waals surface area contributed by atoms with Crippen molar-refractivity contribution in [3.8, 4) is 0 Å². The van der Waals surface area contributed by atoms with Crippen LogP contribution in [0.5, 0.6) is 0 Å². The van der Waals surface area contributed by atoms with Gasteiger partial charge in [-0.05, 0) is 39.0 Å². The first-order valence-electron chi connectivity index (χ1n) is 7.15. The summed E-state index contributed by atoms with van der Waals surface area (Å²) >= 11 is 0. The number of hydrogen-bond donors (Lipinski definition) is 1. The molecule has 104 valence electrons. The fraction of sp³-hybridized carbons (Fsp3) is 0.929. The molecule has 4 nitrogen and oxygen atoms in total. The Labute approximate surface area is 109 Å². The van der Waals surface area contributed by atoms with Crippen LogP contribution in [0.4, 0.5) is 0 Å². The number of carbonyl (C=O) groups is 1. The molecule has 1 aliphatic carbocycles. The van der Waals surface area contributed by atoms with E-state index < -0.39 is 5.97 Å². The van der Waals surface area contributed by atoms with E-state index in [1.54, 1.807) is 0 Å². The quantitative estimate of drug-likeness (QED) is 0.791. The highest BCUT2D eigenvalue weighted by Gasteiger charge is 2.39. The molecule has 0 bridgehead atoms. The summed E-state index contributed by atoms with van der Waals surface area (Å²) in [6.45, 7) is 5.86. The number of carboxylic acids is 1. The molecular formula is C14H25NO3. The Kier molecular flexibility index (Phi) is 4.28. The van der Waals surface area contributed by atoms with Gasteiger partial charge in [0.1, 0.15) is 0 Å². The lowest BCUT2D eigenvalue weighted by Gasteiger charge is -2.42. The molecule has 0 radical (unpaired) electrons. The van der Waals surface area contributed by atoms with Crippen LogP contribution in [0.3, 0.4) is 0 Å². The third-order valence-electron chi connectivity index (χ3n) is 4.39. The maximum absolute atomic E-state index is 10.8. The van der Waals surface area contributed by atoms with Gasteiger partial charge in [-0.1, -0.05) is 6.92 Å². The van der Waals surface area contributed by atoms with Crippen LogP contribution in [0.25, 0.3) is 0 Å². The maximum atomic E-state index is 10.8. The summed E-state index contributed by atoms with van der Waals surface area (Å²) in [7, 11) is 0. The summed E-state index contributed by atoms with van der Waals surface area (Å²) in [5, 5.41) is 8.86. The Morgan fingerprint density at radius 3 is 2.67 bits per heavy atom.